The molecule has 8 atom stereocenters. The minimum atomic E-state index is -0.0718. The van der Waals surface area contributed by atoms with Crippen LogP contribution in [0.15, 0.2) is 42.5 Å². The zero-order valence-corrected chi connectivity index (χ0v) is 18.2. The molecule has 5 aliphatic rings. The number of ether oxygens (including phenoxy) is 3. The summed E-state index contributed by atoms with van der Waals surface area (Å²) in [5.74, 6) is 6.58. The molecular weight excluding hydrogens is 388 g/mol. The predicted molar refractivity (Wildman–Crippen MR) is 118 cm³/mol. The fourth-order valence-electron chi connectivity index (χ4n) is 7.54. The van der Waals surface area contributed by atoms with Crippen LogP contribution < -0.4 is 9.47 Å². The average molecular weight is 421 g/mol. The van der Waals surface area contributed by atoms with Crippen LogP contribution >= 0.6 is 0 Å². The summed E-state index contributed by atoms with van der Waals surface area (Å²) in [5, 5.41) is 0. The molecule has 0 aromatic heterocycles. The van der Waals surface area contributed by atoms with Gasteiger partial charge in [-0.1, -0.05) is 43.2 Å². The molecular formula is C27H32O4. The lowest BCUT2D eigenvalue weighted by atomic mass is 9.50. The van der Waals surface area contributed by atoms with Gasteiger partial charge in [0.15, 0.2) is 11.5 Å². The first kappa shape index (κ1) is 19.5. The summed E-state index contributed by atoms with van der Waals surface area (Å²) >= 11 is 0. The lowest BCUT2D eigenvalue weighted by Crippen LogP contribution is -2.50. The van der Waals surface area contributed by atoms with Gasteiger partial charge in [-0.3, -0.25) is 4.79 Å². The number of rotatable bonds is 7. The summed E-state index contributed by atoms with van der Waals surface area (Å²) < 4.78 is 16.0. The molecule has 164 valence electrons. The third-order valence-electron chi connectivity index (χ3n) is 8.86. The highest BCUT2D eigenvalue weighted by Gasteiger charge is 2.62. The smallest absolute Gasteiger partial charge is 0.313 e. The lowest BCUT2D eigenvalue weighted by molar-refractivity contribution is -0.146. The van der Waals surface area contributed by atoms with E-state index in [0.29, 0.717) is 24.5 Å². The van der Waals surface area contributed by atoms with E-state index in [1.807, 2.05) is 6.07 Å². The van der Waals surface area contributed by atoms with Crippen LogP contribution in [-0.2, 0) is 16.0 Å². The van der Waals surface area contributed by atoms with E-state index in [9.17, 15) is 4.79 Å². The second-order valence-electron chi connectivity index (χ2n) is 10.1. The zero-order valence-electron chi connectivity index (χ0n) is 18.2. The average Bonchev–Trinajstić information content (AvgIpc) is 3.39. The molecule has 0 saturated heterocycles. The van der Waals surface area contributed by atoms with Crippen LogP contribution in [0.5, 0.6) is 11.5 Å². The maximum absolute atomic E-state index is 12.3. The van der Waals surface area contributed by atoms with Crippen molar-refractivity contribution < 1.29 is 19.0 Å². The van der Waals surface area contributed by atoms with Gasteiger partial charge in [0.2, 0.25) is 6.79 Å². The molecule has 4 heteroatoms. The first-order valence-electron chi connectivity index (χ1n) is 12.1. The molecule has 6 rings (SSSR count). The number of hydrogen-bond donors (Lipinski definition) is 0. The number of benzene rings is 1. The Morgan fingerprint density at radius 1 is 1.00 bits per heavy atom. The van der Waals surface area contributed by atoms with Crippen LogP contribution in [0.3, 0.4) is 0 Å². The Balaban J connectivity index is 1.02. The molecule has 0 radical (unpaired) electrons. The number of carbonyl (C=O) groups is 1. The Morgan fingerprint density at radius 2 is 1.87 bits per heavy atom. The van der Waals surface area contributed by atoms with Crippen LogP contribution in [-0.4, -0.2) is 19.9 Å². The highest BCUT2D eigenvalue weighted by Crippen LogP contribution is 2.67. The minimum Gasteiger partial charge on any atom is -0.469 e. The SMILES string of the molecule is COC(=O)[C@@H]1C=C[C@@H]2C[C@H]3[C@H](CCCCCc4ccc5c(c4)OCO5)[C@H]4C=C[C@@H]1[C@@H]2[C@H]43. The molecule has 4 aliphatic carbocycles. The van der Waals surface area contributed by atoms with Crippen molar-refractivity contribution in [2.24, 2.45) is 47.3 Å². The first-order chi connectivity index (χ1) is 15.2. The standard InChI is InChI=1S/C27H32O4/c1-29-27(28)21-9-8-17-14-22-18(19-10-11-20(21)25(17)26(19)22)6-4-2-3-5-16-7-12-23-24(13-16)31-15-30-23/h7-13,17-22,25-26H,2-6,14-15H2,1H3/t17-,18-,19-,20+,21-,22+,25-,26-/m1/s1. The van der Waals surface area contributed by atoms with Gasteiger partial charge in [-0.15, -0.1) is 0 Å². The fraction of sp³-hybridized carbons (Fsp3) is 0.593. The molecule has 1 heterocycles. The van der Waals surface area contributed by atoms with Crippen molar-refractivity contribution in [2.45, 2.75) is 38.5 Å². The van der Waals surface area contributed by atoms with Crippen LogP contribution in [0.25, 0.3) is 0 Å². The topological polar surface area (TPSA) is 44.8 Å². The molecule has 1 aromatic rings. The lowest BCUT2D eigenvalue weighted by Gasteiger charge is -2.54. The van der Waals surface area contributed by atoms with Gasteiger partial charge in [-0.25, -0.2) is 0 Å². The van der Waals surface area contributed by atoms with Crippen LogP contribution in [0.4, 0.5) is 0 Å². The number of aryl methyl sites for hydroxylation is 1. The molecule has 0 spiro atoms. The normalized spacial score (nSPS) is 38.0. The number of allylic oxidation sites excluding steroid dienone is 3. The molecule has 4 nitrogen and oxygen atoms in total. The van der Waals surface area contributed by atoms with Crippen molar-refractivity contribution in [1.29, 1.82) is 0 Å². The Bertz CT molecular complexity index is 918. The fourth-order valence-corrected chi connectivity index (χ4v) is 7.54. The van der Waals surface area contributed by atoms with Gasteiger partial charge in [0.25, 0.3) is 0 Å². The Hall–Kier alpha value is -2.23. The minimum absolute atomic E-state index is 0.0652. The summed E-state index contributed by atoms with van der Waals surface area (Å²) in [5.41, 5.74) is 1.35. The van der Waals surface area contributed by atoms with Crippen LogP contribution in [0, 0.1) is 47.3 Å². The van der Waals surface area contributed by atoms with Gasteiger partial charge < -0.3 is 14.2 Å². The number of fused-ring (bicyclic) bond motifs is 1. The van der Waals surface area contributed by atoms with E-state index in [0.717, 1.165) is 41.6 Å². The monoisotopic (exact) mass is 420 g/mol. The van der Waals surface area contributed by atoms with Crippen molar-refractivity contribution in [2.75, 3.05) is 13.9 Å². The number of unbranched alkanes of at least 4 members (excludes halogenated alkanes) is 2. The highest BCUT2D eigenvalue weighted by atomic mass is 16.7. The summed E-state index contributed by atoms with van der Waals surface area (Å²) in [6.07, 6.45) is 17.0. The molecule has 0 bridgehead atoms. The van der Waals surface area contributed by atoms with E-state index in [4.69, 9.17) is 14.2 Å². The van der Waals surface area contributed by atoms with Gasteiger partial charge in [0, 0.05) is 0 Å². The van der Waals surface area contributed by atoms with Crippen molar-refractivity contribution in [3.05, 3.63) is 48.1 Å². The summed E-state index contributed by atoms with van der Waals surface area (Å²) in [6, 6.07) is 6.34. The molecule has 0 N–H and O–H groups in total. The molecule has 2 fully saturated rings. The molecule has 31 heavy (non-hydrogen) atoms. The van der Waals surface area contributed by atoms with Gasteiger partial charge in [0.05, 0.1) is 13.0 Å². The third-order valence-corrected chi connectivity index (χ3v) is 8.86. The number of carbonyl (C=O) groups excluding carboxylic acids is 1. The van der Waals surface area contributed by atoms with E-state index in [-0.39, 0.29) is 11.9 Å². The number of hydrogen-bond acceptors (Lipinski definition) is 4. The Morgan fingerprint density at radius 3 is 2.77 bits per heavy atom. The quantitative estimate of drug-likeness (QED) is 0.346. The highest BCUT2D eigenvalue weighted by molar-refractivity contribution is 5.75. The van der Waals surface area contributed by atoms with E-state index in [1.54, 1.807) is 0 Å². The Kier molecular flexibility index (Phi) is 4.85. The molecule has 0 amide bonds. The van der Waals surface area contributed by atoms with Crippen LogP contribution in [0.1, 0.15) is 37.7 Å². The van der Waals surface area contributed by atoms with Gasteiger partial charge in [-0.2, -0.15) is 0 Å². The summed E-state index contributed by atoms with van der Waals surface area (Å²) in [4.78, 5) is 12.3. The molecule has 1 aromatic carbocycles. The van der Waals surface area contributed by atoms with E-state index in [1.165, 1.54) is 44.8 Å². The zero-order chi connectivity index (χ0) is 20.9. The maximum atomic E-state index is 12.3. The Labute approximate surface area is 184 Å². The number of methoxy groups -OCH3 is 1. The predicted octanol–water partition coefficient (Wildman–Crippen LogP) is 5.18. The second-order valence-corrected chi connectivity index (χ2v) is 10.1. The van der Waals surface area contributed by atoms with Gasteiger partial charge in [0.1, 0.15) is 0 Å². The molecule has 1 aliphatic heterocycles. The van der Waals surface area contributed by atoms with Gasteiger partial charge in [-0.05, 0) is 84.8 Å². The second kappa shape index (κ2) is 7.72. The third kappa shape index (κ3) is 3.13. The summed E-state index contributed by atoms with van der Waals surface area (Å²) in [7, 11) is 1.51. The van der Waals surface area contributed by atoms with E-state index < -0.39 is 0 Å². The maximum Gasteiger partial charge on any atom is 0.313 e. The van der Waals surface area contributed by atoms with Crippen molar-refractivity contribution in [1.82, 2.24) is 0 Å². The summed E-state index contributed by atoms with van der Waals surface area (Å²) in [6.45, 7) is 0.347. The van der Waals surface area contributed by atoms with Crippen molar-refractivity contribution in [3.8, 4) is 11.5 Å². The van der Waals surface area contributed by atoms with E-state index >= 15 is 0 Å². The largest absolute Gasteiger partial charge is 0.469 e. The molecule has 0 unspecified atom stereocenters. The van der Waals surface area contributed by atoms with Crippen LogP contribution in [0.2, 0.25) is 0 Å². The number of esters is 1. The first-order valence-corrected chi connectivity index (χ1v) is 12.1. The molecule has 2 saturated carbocycles. The van der Waals surface area contributed by atoms with Crippen molar-refractivity contribution in [3.63, 3.8) is 0 Å². The van der Waals surface area contributed by atoms with E-state index in [2.05, 4.69) is 36.4 Å². The van der Waals surface area contributed by atoms with Crippen molar-refractivity contribution >= 4 is 5.97 Å². The van der Waals surface area contributed by atoms with Gasteiger partial charge >= 0.3 is 5.97 Å².